The minimum atomic E-state index is -0.167. The Labute approximate surface area is 141 Å². The summed E-state index contributed by atoms with van der Waals surface area (Å²) in [5.41, 5.74) is 1.59. The summed E-state index contributed by atoms with van der Waals surface area (Å²) >= 11 is 0. The van der Waals surface area contributed by atoms with E-state index >= 15 is 0 Å². The zero-order valence-corrected chi connectivity index (χ0v) is 13.7. The first-order valence-electron chi connectivity index (χ1n) is 7.69. The highest BCUT2D eigenvalue weighted by molar-refractivity contribution is 5.95. The quantitative estimate of drug-likeness (QED) is 0.778. The molecule has 0 aliphatic rings. The number of methoxy groups -OCH3 is 2. The number of amides is 1. The Morgan fingerprint density at radius 2 is 1.58 bits per heavy atom. The predicted molar refractivity (Wildman–Crippen MR) is 94.7 cm³/mol. The smallest absolute Gasteiger partial charge is 0.251 e. The largest absolute Gasteiger partial charge is 0.497 e. The third kappa shape index (κ3) is 3.33. The summed E-state index contributed by atoms with van der Waals surface area (Å²) in [6.07, 6.45) is 0. The third-order valence-corrected chi connectivity index (χ3v) is 3.93. The van der Waals surface area contributed by atoms with Gasteiger partial charge < -0.3 is 14.8 Å². The number of carbonyl (C=O) groups excluding carboxylic acids is 1. The lowest BCUT2D eigenvalue weighted by molar-refractivity contribution is 0.0950. The van der Waals surface area contributed by atoms with Gasteiger partial charge in [-0.25, -0.2) is 0 Å². The van der Waals surface area contributed by atoms with Gasteiger partial charge in [0.1, 0.15) is 11.5 Å². The molecule has 0 heterocycles. The number of fused-ring (bicyclic) bond motifs is 1. The monoisotopic (exact) mass is 321 g/mol. The topological polar surface area (TPSA) is 47.6 Å². The molecule has 1 N–H and O–H groups in total. The van der Waals surface area contributed by atoms with E-state index in [2.05, 4.69) is 23.5 Å². The van der Waals surface area contributed by atoms with Crippen molar-refractivity contribution in [3.63, 3.8) is 0 Å². The zero-order chi connectivity index (χ0) is 16.9. The molecule has 24 heavy (non-hydrogen) atoms. The number of nitrogens with one attached hydrogen (secondary N) is 1. The van der Waals surface area contributed by atoms with E-state index < -0.39 is 0 Å². The number of hydrogen-bond donors (Lipinski definition) is 1. The van der Waals surface area contributed by atoms with Crippen molar-refractivity contribution >= 4 is 16.7 Å². The van der Waals surface area contributed by atoms with Crippen LogP contribution in [0.15, 0.2) is 60.7 Å². The van der Waals surface area contributed by atoms with Crippen LogP contribution in [0.1, 0.15) is 15.9 Å². The van der Waals surface area contributed by atoms with Gasteiger partial charge in [0.2, 0.25) is 0 Å². The molecule has 0 spiro atoms. The van der Waals surface area contributed by atoms with Crippen LogP contribution in [-0.4, -0.2) is 20.1 Å². The van der Waals surface area contributed by atoms with Crippen molar-refractivity contribution in [1.82, 2.24) is 5.32 Å². The van der Waals surface area contributed by atoms with Gasteiger partial charge in [-0.2, -0.15) is 0 Å². The second kappa shape index (κ2) is 7.04. The molecule has 122 valence electrons. The van der Waals surface area contributed by atoms with Gasteiger partial charge in [0.25, 0.3) is 5.91 Å². The molecule has 0 aliphatic heterocycles. The second-order valence-electron chi connectivity index (χ2n) is 5.42. The first-order chi connectivity index (χ1) is 11.7. The predicted octanol–water partition coefficient (Wildman–Crippen LogP) is 3.79. The molecule has 0 saturated carbocycles. The van der Waals surface area contributed by atoms with Crippen LogP contribution in [0.5, 0.6) is 11.5 Å². The number of hydrogen-bond acceptors (Lipinski definition) is 3. The van der Waals surface area contributed by atoms with Gasteiger partial charge in [0.15, 0.2) is 0 Å². The van der Waals surface area contributed by atoms with Crippen molar-refractivity contribution in [3.05, 3.63) is 71.8 Å². The lowest BCUT2D eigenvalue weighted by atomic mass is 10.0. The highest BCUT2D eigenvalue weighted by Gasteiger charge is 2.10. The SMILES string of the molecule is COc1cc(OC)cc(C(=O)NCc2cccc3ccccc23)c1. The van der Waals surface area contributed by atoms with E-state index in [4.69, 9.17) is 9.47 Å². The average Bonchev–Trinajstić information content (AvgIpc) is 2.65. The van der Waals surface area contributed by atoms with Gasteiger partial charge in [-0.15, -0.1) is 0 Å². The highest BCUT2D eigenvalue weighted by atomic mass is 16.5. The summed E-state index contributed by atoms with van der Waals surface area (Å²) in [6, 6.07) is 19.3. The van der Waals surface area contributed by atoms with Gasteiger partial charge in [-0.1, -0.05) is 42.5 Å². The Morgan fingerprint density at radius 3 is 2.29 bits per heavy atom. The van der Waals surface area contributed by atoms with Gasteiger partial charge in [-0.05, 0) is 28.5 Å². The van der Waals surface area contributed by atoms with Crippen LogP contribution in [0.25, 0.3) is 10.8 Å². The average molecular weight is 321 g/mol. The number of rotatable bonds is 5. The molecule has 4 heteroatoms. The lowest BCUT2D eigenvalue weighted by Gasteiger charge is -2.10. The maximum atomic E-state index is 12.5. The van der Waals surface area contributed by atoms with Crippen LogP contribution in [0.3, 0.4) is 0 Å². The fraction of sp³-hybridized carbons (Fsp3) is 0.150. The molecule has 4 nitrogen and oxygen atoms in total. The Hall–Kier alpha value is -3.01. The summed E-state index contributed by atoms with van der Waals surface area (Å²) in [7, 11) is 3.12. The lowest BCUT2D eigenvalue weighted by Crippen LogP contribution is -2.23. The molecule has 0 atom stereocenters. The van der Waals surface area contributed by atoms with Crippen LogP contribution in [-0.2, 0) is 6.54 Å². The number of carbonyl (C=O) groups is 1. The fourth-order valence-electron chi connectivity index (χ4n) is 2.66. The zero-order valence-electron chi connectivity index (χ0n) is 13.7. The molecular weight excluding hydrogens is 302 g/mol. The van der Waals surface area contributed by atoms with Crippen molar-refractivity contribution in [1.29, 1.82) is 0 Å². The Balaban J connectivity index is 1.80. The summed E-state index contributed by atoms with van der Waals surface area (Å²) in [5.74, 6) is 1.01. The number of benzene rings is 3. The van der Waals surface area contributed by atoms with E-state index in [1.807, 2.05) is 24.3 Å². The van der Waals surface area contributed by atoms with Crippen molar-refractivity contribution < 1.29 is 14.3 Å². The van der Waals surface area contributed by atoms with Gasteiger partial charge in [0.05, 0.1) is 14.2 Å². The maximum absolute atomic E-state index is 12.5. The summed E-state index contributed by atoms with van der Waals surface area (Å²) < 4.78 is 10.4. The molecule has 3 aromatic carbocycles. The molecule has 0 saturated heterocycles. The molecule has 3 aromatic rings. The van der Waals surface area contributed by atoms with E-state index in [-0.39, 0.29) is 5.91 Å². The maximum Gasteiger partial charge on any atom is 0.251 e. The van der Waals surface area contributed by atoms with E-state index in [0.717, 1.165) is 16.3 Å². The standard InChI is InChI=1S/C20H19NO3/c1-23-17-10-16(11-18(12-17)24-2)20(22)21-13-15-8-5-7-14-6-3-4-9-19(14)15/h3-12H,13H2,1-2H3,(H,21,22). The Morgan fingerprint density at radius 1 is 0.917 bits per heavy atom. The van der Waals surface area contributed by atoms with E-state index in [0.29, 0.717) is 23.6 Å². The van der Waals surface area contributed by atoms with Crippen LogP contribution >= 0.6 is 0 Å². The van der Waals surface area contributed by atoms with Gasteiger partial charge >= 0.3 is 0 Å². The second-order valence-corrected chi connectivity index (χ2v) is 5.42. The molecule has 1 amide bonds. The molecule has 0 bridgehead atoms. The van der Waals surface area contributed by atoms with Gasteiger partial charge in [0, 0.05) is 18.2 Å². The Bertz CT molecular complexity index is 846. The van der Waals surface area contributed by atoms with Crippen molar-refractivity contribution in [3.8, 4) is 11.5 Å². The van der Waals surface area contributed by atoms with Gasteiger partial charge in [-0.3, -0.25) is 4.79 Å². The van der Waals surface area contributed by atoms with E-state index in [9.17, 15) is 4.79 Å². The van der Waals surface area contributed by atoms with E-state index in [1.165, 1.54) is 0 Å². The van der Waals surface area contributed by atoms with Crippen molar-refractivity contribution in [2.75, 3.05) is 14.2 Å². The molecule has 0 aromatic heterocycles. The van der Waals surface area contributed by atoms with Crippen molar-refractivity contribution in [2.24, 2.45) is 0 Å². The minimum absolute atomic E-state index is 0.167. The van der Waals surface area contributed by atoms with Crippen LogP contribution < -0.4 is 14.8 Å². The minimum Gasteiger partial charge on any atom is -0.497 e. The molecule has 0 fully saturated rings. The van der Waals surface area contributed by atoms with Crippen molar-refractivity contribution in [2.45, 2.75) is 6.54 Å². The molecule has 0 aliphatic carbocycles. The fourth-order valence-corrected chi connectivity index (χ4v) is 2.66. The first kappa shape index (κ1) is 15.9. The van der Waals surface area contributed by atoms with E-state index in [1.54, 1.807) is 32.4 Å². The third-order valence-electron chi connectivity index (χ3n) is 3.93. The van der Waals surface area contributed by atoms with Crippen LogP contribution in [0, 0.1) is 0 Å². The molecule has 0 unspecified atom stereocenters. The molecular formula is C20H19NO3. The summed E-state index contributed by atoms with van der Waals surface area (Å²) in [5, 5.41) is 5.26. The summed E-state index contributed by atoms with van der Waals surface area (Å²) in [4.78, 5) is 12.5. The Kier molecular flexibility index (Phi) is 4.66. The summed E-state index contributed by atoms with van der Waals surface area (Å²) in [6.45, 7) is 0.458. The molecule has 3 rings (SSSR count). The number of ether oxygens (including phenoxy) is 2. The first-order valence-corrected chi connectivity index (χ1v) is 7.69. The van der Waals surface area contributed by atoms with Crippen LogP contribution in [0.4, 0.5) is 0 Å². The molecule has 0 radical (unpaired) electrons. The normalized spacial score (nSPS) is 10.4. The highest BCUT2D eigenvalue weighted by Crippen LogP contribution is 2.23. The van der Waals surface area contributed by atoms with Crippen LogP contribution in [0.2, 0.25) is 0 Å².